The minimum Gasteiger partial charge on any atom is -0.338 e. The molecule has 0 aromatic carbocycles. The Kier molecular flexibility index (Phi) is 3.53. The number of aryl methyl sites for hydroxylation is 1. The number of nitrogens with one attached hydrogen (secondary N) is 1. The van der Waals surface area contributed by atoms with E-state index in [9.17, 15) is 0 Å². The molecule has 106 valence electrons. The van der Waals surface area contributed by atoms with Crippen LogP contribution in [-0.2, 0) is 5.41 Å². The molecule has 5 heteroatoms. The lowest BCUT2D eigenvalue weighted by molar-refractivity contribution is 0.221. The SMILES string of the molecule is CCC1(c2nc(-c3cc(C)ccn3)no2)CCCNC1. The van der Waals surface area contributed by atoms with Crippen molar-refractivity contribution in [2.75, 3.05) is 13.1 Å². The molecule has 3 rings (SSSR count). The molecular weight excluding hydrogens is 252 g/mol. The molecule has 0 bridgehead atoms. The van der Waals surface area contributed by atoms with Crippen LogP contribution in [0.3, 0.4) is 0 Å². The number of nitrogens with zero attached hydrogens (tertiary/aromatic N) is 3. The van der Waals surface area contributed by atoms with Gasteiger partial charge in [-0.3, -0.25) is 4.98 Å². The molecule has 0 amide bonds. The number of hydrogen-bond donors (Lipinski definition) is 1. The van der Waals surface area contributed by atoms with E-state index in [-0.39, 0.29) is 5.41 Å². The zero-order valence-electron chi connectivity index (χ0n) is 12.0. The Labute approximate surface area is 118 Å². The molecule has 1 saturated heterocycles. The fourth-order valence-corrected chi connectivity index (χ4v) is 2.80. The van der Waals surface area contributed by atoms with Crippen LogP contribution in [-0.4, -0.2) is 28.2 Å². The lowest BCUT2D eigenvalue weighted by atomic mass is 9.78. The molecule has 1 N–H and O–H groups in total. The topological polar surface area (TPSA) is 63.8 Å². The quantitative estimate of drug-likeness (QED) is 0.930. The zero-order valence-corrected chi connectivity index (χ0v) is 12.0. The van der Waals surface area contributed by atoms with Crippen LogP contribution in [0.25, 0.3) is 11.5 Å². The third kappa shape index (κ3) is 2.33. The number of hydrogen-bond acceptors (Lipinski definition) is 5. The van der Waals surface area contributed by atoms with Gasteiger partial charge in [0.25, 0.3) is 0 Å². The molecule has 0 aliphatic carbocycles. The average Bonchev–Trinajstić information content (AvgIpc) is 2.98. The van der Waals surface area contributed by atoms with E-state index in [1.165, 1.54) is 0 Å². The van der Waals surface area contributed by atoms with Gasteiger partial charge in [0.15, 0.2) is 0 Å². The number of aromatic nitrogens is 3. The maximum Gasteiger partial charge on any atom is 0.234 e. The van der Waals surface area contributed by atoms with Crippen molar-refractivity contribution >= 4 is 0 Å². The van der Waals surface area contributed by atoms with Crippen LogP contribution in [0, 0.1) is 6.92 Å². The van der Waals surface area contributed by atoms with E-state index >= 15 is 0 Å². The van der Waals surface area contributed by atoms with Crippen molar-refractivity contribution < 1.29 is 4.52 Å². The molecule has 20 heavy (non-hydrogen) atoms. The van der Waals surface area contributed by atoms with Gasteiger partial charge in [0.05, 0.1) is 5.41 Å². The van der Waals surface area contributed by atoms with Crippen LogP contribution < -0.4 is 5.32 Å². The van der Waals surface area contributed by atoms with Gasteiger partial charge in [-0.25, -0.2) is 0 Å². The summed E-state index contributed by atoms with van der Waals surface area (Å²) < 4.78 is 5.55. The summed E-state index contributed by atoms with van der Waals surface area (Å²) in [7, 11) is 0. The Morgan fingerprint density at radius 2 is 2.35 bits per heavy atom. The first kappa shape index (κ1) is 13.2. The van der Waals surface area contributed by atoms with E-state index in [1.807, 2.05) is 19.1 Å². The second-order valence-corrected chi connectivity index (χ2v) is 5.56. The second kappa shape index (κ2) is 5.32. The van der Waals surface area contributed by atoms with E-state index in [4.69, 9.17) is 4.52 Å². The molecule has 1 aliphatic rings. The molecule has 0 spiro atoms. The summed E-state index contributed by atoms with van der Waals surface area (Å²) in [6.45, 7) is 6.20. The molecule has 1 fully saturated rings. The van der Waals surface area contributed by atoms with Crippen molar-refractivity contribution in [3.63, 3.8) is 0 Å². The third-order valence-corrected chi connectivity index (χ3v) is 4.17. The van der Waals surface area contributed by atoms with Crippen LogP contribution in [0.15, 0.2) is 22.9 Å². The number of piperidine rings is 1. The average molecular weight is 272 g/mol. The molecule has 0 saturated carbocycles. The zero-order chi connectivity index (χ0) is 14.0. The van der Waals surface area contributed by atoms with Crippen LogP contribution in [0.5, 0.6) is 0 Å². The van der Waals surface area contributed by atoms with E-state index in [1.54, 1.807) is 6.20 Å². The summed E-state index contributed by atoms with van der Waals surface area (Å²) >= 11 is 0. The van der Waals surface area contributed by atoms with Gasteiger partial charge in [-0.2, -0.15) is 4.98 Å². The Morgan fingerprint density at radius 3 is 3.05 bits per heavy atom. The molecule has 0 radical (unpaired) electrons. The molecule has 2 aromatic heterocycles. The highest BCUT2D eigenvalue weighted by Crippen LogP contribution is 2.34. The lowest BCUT2D eigenvalue weighted by Crippen LogP contribution is -2.43. The monoisotopic (exact) mass is 272 g/mol. The molecule has 2 aromatic rings. The normalized spacial score (nSPS) is 22.9. The highest BCUT2D eigenvalue weighted by molar-refractivity contribution is 5.49. The van der Waals surface area contributed by atoms with Gasteiger partial charge in [0.2, 0.25) is 11.7 Å². The van der Waals surface area contributed by atoms with Crippen LogP contribution in [0.4, 0.5) is 0 Å². The van der Waals surface area contributed by atoms with Crippen molar-refractivity contribution in [2.24, 2.45) is 0 Å². The predicted octanol–water partition coefficient (Wildman–Crippen LogP) is 2.47. The Bertz CT molecular complexity index is 587. The van der Waals surface area contributed by atoms with Gasteiger partial charge in [-0.15, -0.1) is 0 Å². The van der Waals surface area contributed by atoms with Crippen LogP contribution in [0.1, 0.15) is 37.6 Å². The van der Waals surface area contributed by atoms with Crippen molar-refractivity contribution in [3.05, 3.63) is 29.8 Å². The van der Waals surface area contributed by atoms with E-state index in [2.05, 4.69) is 27.4 Å². The maximum atomic E-state index is 5.55. The Morgan fingerprint density at radius 1 is 1.45 bits per heavy atom. The van der Waals surface area contributed by atoms with E-state index in [0.29, 0.717) is 5.82 Å². The van der Waals surface area contributed by atoms with Gasteiger partial charge >= 0.3 is 0 Å². The fraction of sp³-hybridized carbons (Fsp3) is 0.533. The minimum atomic E-state index is -0.0205. The fourth-order valence-electron chi connectivity index (χ4n) is 2.80. The third-order valence-electron chi connectivity index (χ3n) is 4.17. The number of rotatable bonds is 3. The largest absolute Gasteiger partial charge is 0.338 e. The Balaban J connectivity index is 1.93. The van der Waals surface area contributed by atoms with Gasteiger partial charge in [0, 0.05) is 12.7 Å². The summed E-state index contributed by atoms with van der Waals surface area (Å²) in [5.41, 5.74) is 1.90. The van der Waals surface area contributed by atoms with Gasteiger partial charge in [-0.1, -0.05) is 12.1 Å². The van der Waals surface area contributed by atoms with Crippen LogP contribution in [0.2, 0.25) is 0 Å². The van der Waals surface area contributed by atoms with Gasteiger partial charge in [0.1, 0.15) is 5.69 Å². The first-order chi connectivity index (χ1) is 9.73. The first-order valence-electron chi connectivity index (χ1n) is 7.21. The summed E-state index contributed by atoms with van der Waals surface area (Å²) in [6, 6.07) is 3.94. The Hall–Kier alpha value is -1.75. The van der Waals surface area contributed by atoms with E-state index in [0.717, 1.165) is 49.5 Å². The van der Waals surface area contributed by atoms with Crippen molar-refractivity contribution in [1.82, 2.24) is 20.4 Å². The van der Waals surface area contributed by atoms with E-state index < -0.39 is 0 Å². The highest BCUT2D eigenvalue weighted by atomic mass is 16.5. The van der Waals surface area contributed by atoms with Gasteiger partial charge < -0.3 is 9.84 Å². The minimum absolute atomic E-state index is 0.0205. The lowest BCUT2D eigenvalue weighted by Gasteiger charge is -2.33. The summed E-state index contributed by atoms with van der Waals surface area (Å²) in [4.78, 5) is 8.92. The number of pyridine rings is 1. The van der Waals surface area contributed by atoms with Crippen molar-refractivity contribution in [3.8, 4) is 11.5 Å². The smallest absolute Gasteiger partial charge is 0.234 e. The van der Waals surface area contributed by atoms with Crippen molar-refractivity contribution in [2.45, 2.75) is 38.5 Å². The standard InChI is InChI=1S/C15H20N4O/c1-3-15(6-4-7-16-10-15)14-18-13(19-20-14)12-9-11(2)5-8-17-12/h5,8-9,16H,3-4,6-7,10H2,1-2H3. The molecule has 1 aliphatic heterocycles. The molecule has 1 atom stereocenters. The molecular formula is C15H20N4O. The van der Waals surface area contributed by atoms with Crippen molar-refractivity contribution in [1.29, 1.82) is 0 Å². The molecule has 1 unspecified atom stereocenters. The molecule has 3 heterocycles. The van der Waals surface area contributed by atoms with Crippen LogP contribution >= 0.6 is 0 Å². The predicted molar refractivity (Wildman–Crippen MR) is 76.3 cm³/mol. The maximum absolute atomic E-state index is 5.55. The second-order valence-electron chi connectivity index (χ2n) is 5.56. The highest BCUT2D eigenvalue weighted by Gasteiger charge is 2.37. The first-order valence-corrected chi connectivity index (χ1v) is 7.21. The van der Waals surface area contributed by atoms with Gasteiger partial charge in [-0.05, 0) is 50.4 Å². The molecule has 5 nitrogen and oxygen atoms in total. The summed E-state index contributed by atoms with van der Waals surface area (Å²) in [5.74, 6) is 1.33. The summed E-state index contributed by atoms with van der Waals surface area (Å²) in [5, 5.41) is 7.56. The summed E-state index contributed by atoms with van der Waals surface area (Å²) in [6.07, 6.45) is 5.02.